The van der Waals surface area contributed by atoms with Gasteiger partial charge >= 0.3 is 0 Å². The van der Waals surface area contributed by atoms with Crippen molar-refractivity contribution < 1.29 is 4.79 Å². The van der Waals surface area contributed by atoms with Gasteiger partial charge in [0, 0.05) is 42.4 Å². The summed E-state index contributed by atoms with van der Waals surface area (Å²) in [5, 5.41) is 8.64. The van der Waals surface area contributed by atoms with E-state index in [-0.39, 0.29) is 23.0 Å². The molecule has 5 nitrogen and oxygen atoms in total. The van der Waals surface area contributed by atoms with E-state index in [2.05, 4.69) is 111 Å². The van der Waals surface area contributed by atoms with E-state index < -0.39 is 0 Å². The van der Waals surface area contributed by atoms with E-state index in [1.165, 1.54) is 11.3 Å². The molecule has 0 spiro atoms. The summed E-state index contributed by atoms with van der Waals surface area (Å²) in [5.74, 6) is 0.915. The first-order valence-electron chi connectivity index (χ1n) is 13.9. The molecule has 2 aliphatic rings. The zero-order chi connectivity index (χ0) is 27.1. The van der Waals surface area contributed by atoms with Crippen LogP contribution in [0.3, 0.4) is 0 Å². The molecule has 1 N–H and O–H groups in total. The number of carbonyl (C=O) groups is 1. The van der Waals surface area contributed by atoms with Gasteiger partial charge in [-0.2, -0.15) is 5.10 Å². The molecule has 1 aliphatic carbocycles. The molecule has 0 bridgehead atoms. The zero-order valence-corrected chi connectivity index (χ0v) is 23.2. The summed E-state index contributed by atoms with van der Waals surface area (Å²) < 4.78 is 1.99. The number of nitrogens with zero attached hydrogens (tertiary/aromatic N) is 3. The topological polar surface area (TPSA) is 50.2 Å². The Morgan fingerprint density at radius 2 is 1.62 bits per heavy atom. The lowest BCUT2D eigenvalue weighted by Crippen LogP contribution is -2.39. The van der Waals surface area contributed by atoms with Crippen LogP contribution in [-0.2, 0) is 11.3 Å². The zero-order valence-electron chi connectivity index (χ0n) is 23.2. The van der Waals surface area contributed by atoms with Crippen molar-refractivity contribution in [2.45, 2.75) is 46.6 Å². The van der Waals surface area contributed by atoms with Crippen LogP contribution in [-0.4, -0.2) is 22.1 Å². The predicted molar refractivity (Wildman–Crippen MR) is 158 cm³/mol. The second kappa shape index (κ2) is 9.88. The van der Waals surface area contributed by atoms with E-state index in [4.69, 9.17) is 5.10 Å². The summed E-state index contributed by atoms with van der Waals surface area (Å²) in [5.41, 5.74) is 7.50. The Kier molecular flexibility index (Phi) is 6.38. The molecule has 3 aromatic carbocycles. The predicted octanol–water partition coefficient (Wildman–Crippen LogP) is 7.26. The van der Waals surface area contributed by atoms with Crippen LogP contribution in [0.4, 0.5) is 11.5 Å². The van der Waals surface area contributed by atoms with Crippen molar-refractivity contribution in [1.82, 2.24) is 9.78 Å². The number of hydrogen-bond donors (Lipinski definition) is 1. The summed E-state index contributed by atoms with van der Waals surface area (Å²) in [7, 11) is 0. The summed E-state index contributed by atoms with van der Waals surface area (Å²) in [4.78, 5) is 16.1. The van der Waals surface area contributed by atoms with Crippen LogP contribution in [0.2, 0.25) is 0 Å². The summed E-state index contributed by atoms with van der Waals surface area (Å²) in [6, 6.07) is 29.6. The van der Waals surface area contributed by atoms with Gasteiger partial charge < -0.3 is 10.2 Å². The number of hydrogen-bond acceptors (Lipinski definition) is 4. The second-order valence-corrected chi connectivity index (χ2v) is 11.5. The Morgan fingerprint density at radius 3 is 2.28 bits per heavy atom. The fraction of sp³-hybridized carbons (Fsp3) is 0.294. The van der Waals surface area contributed by atoms with Crippen molar-refractivity contribution in [3.05, 3.63) is 119 Å². The number of nitrogens with one attached hydrogen (secondary N) is 1. The molecule has 0 radical (unpaired) electrons. The van der Waals surface area contributed by atoms with Crippen LogP contribution in [0.5, 0.6) is 0 Å². The van der Waals surface area contributed by atoms with Crippen molar-refractivity contribution in [1.29, 1.82) is 0 Å². The molecule has 4 aromatic rings. The van der Waals surface area contributed by atoms with Crippen LogP contribution >= 0.6 is 0 Å². The number of rotatable bonds is 6. The number of para-hydroxylation sites is 1. The fourth-order valence-corrected chi connectivity index (χ4v) is 6.31. The monoisotopic (exact) mass is 516 g/mol. The number of allylic oxidation sites excluding steroid dienone is 2. The Bertz CT molecular complexity index is 1520. The number of aryl methyl sites for hydroxylation is 1. The second-order valence-electron chi connectivity index (χ2n) is 11.5. The number of ketones is 1. The van der Waals surface area contributed by atoms with Gasteiger partial charge in [0.05, 0.1) is 17.3 Å². The summed E-state index contributed by atoms with van der Waals surface area (Å²) in [6.45, 7) is 10.3. The molecule has 5 heteroatoms. The number of anilines is 2. The van der Waals surface area contributed by atoms with Crippen molar-refractivity contribution >= 4 is 17.3 Å². The highest BCUT2D eigenvalue weighted by Gasteiger charge is 2.46. The molecule has 1 aliphatic heterocycles. The normalized spacial score (nSPS) is 19.5. The lowest BCUT2D eigenvalue weighted by atomic mass is 9.67. The fourth-order valence-electron chi connectivity index (χ4n) is 6.31. The number of aromatic nitrogens is 2. The maximum absolute atomic E-state index is 13.7. The van der Waals surface area contributed by atoms with E-state index >= 15 is 0 Å². The lowest BCUT2D eigenvalue weighted by molar-refractivity contribution is -0.124. The van der Waals surface area contributed by atoms with Crippen molar-refractivity contribution in [2.24, 2.45) is 11.3 Å². The van der Waals surface area contributed by atoms with Crippen molar-refractivity contribution in [2.75, 3.05) is 16.8 Å². The maximum Gasteiger partial charge on any atom is 0.143 e. The highest BCUT2D eigenvalue weighted by molar-refractivity contribution is 5.90. The van der Waals surface area contributed by atoms with Crippen molar-refractivity contribution in [3.63, 3.8) is 0 Å². The Hall–Kier alpha value is -4.12. The van der Waals surface area contributed by atoms with Crippen LogP contribution in [0.15, 0.2) is 96.7 Å². The highest BCUT2D eigenvalue weighted by atomic mass is 16.1. The largest absolute Gasteiger partial charge is 0.367 e. The van der Waals surface area contributed by atoms with Gasteiger partial charge in [-0.1, -0.05) is 80.6 Å². The highest BCUT2D eigenvalue weighted by Crippen LogP contribution is 2.50. The molecule has 0 unspecified atom stereocenters. The molecule has 0 fully saturated rings. The SMILES string of the molecule is CCN(Cc1ccccc1)c1ccc([C@@H]2c3c(C)nn(-c4ccccc4)c3NC3=CC(C)(C)CC(=O)[C@H]32)cc1. The average Bonchev–Trinajstić information content (AvgIpc) is 3.27. The average molecular weight is 517 g/mol. The van der Waals surface area contributed by atoms with Gasteiger partial charge in [-0.3, -0.25) is 4.79 Å². The lowest BCUT2D eigenvalue weighted by Gasteiger charge is -2.40. The minimum atomic E-state index is -0.241. The van der Waals surface area contributed by atoms with Crippen LogP contribution in [0.1, 0.15) is 55.5 Å². The summed E-state index contributed by atoms with van der Waals surface area (Å²) in [6.07, 6.45) is 2.80. The Balaban J connectivity index is 1.44. The molecule has 0 saturated carbocycles. The molecule has 2 heterocycles. The molecule has 0 saturated heterocycles. The Labute approximate surface area is 231 Å². The minimum Gasteiger partial charge on any atom is -0.367 e. The van der Waals surface area contributed by atoms with Crippen LogP contribution in [0.25, 0.3) is 5.69 Å². The van der Waals surface area contributed by atoms with E-state index in [0.29, 0.717) is 6.42 Å². The van der Waals surface area contributed by atoms with Gasteiger partial charge in [-0.25, -0.2) is 4.68 Å². The van der Waals surface area contributed by atoms with Crippen molar-refractivity contribution in [3.8, 4) is 5.69 Å². The molecule has 2 atom stereocenters. The van der Waals surface area contributed by atoms with E-state index in [1.807, 2.05) is 22.9 Å². The van der Waals surface area contributed by atoms with Gasteiger partial charge in [-0.15, -0.1) is 0 Å². The molecule has 0 amide bonds. The first-order chi connectivity index (χ1) is 18.8. The summed E-state index contributed by atoms with van der Waals surface area (Å²) >= 11 is 0. The van der Waals surface area contributed by atoms with E-state index in [0.717, 1.165) is 47.1 Å². The number of Topliss-reactive ketones (excluding diaryl/α,β-unsaturated/α-hetero) is 1. The smallest absolute Gasteiger partial charge is 0.143 e. The van der Waals surface area contributed by atoms with Gasteiger partial charge in [0.1, 0.15) is 11.6 Å². The molecule has 39 heavy (non-hydrogen) atoms. The Morgan fingerprint density at radius 1 is 0.949 bits per heavy atom. The van der Waals surface area contributed by atoms with E-state index in [1.54, 1.807) is 0 Å². The first kappa shape index (κ1) is 25.2. The molecule has 198 valence electrons. The van der Waals surface area contributed by atoms with Crippen LogP contribution in [0, 0.1) is 18.3 Å². The molecular weight excluding hydrogens is 480 g/mol. The number of benzene rings is 3. The first-order valence-corrected chi connectivity index (χ1v) is 13.9. The van der Waals surface area contributed by atoms with Gasteiger partial charge in [-0.05, 0) is 54.7 Å². The number of carbonyl (C=O) groups excluding carboxylic acids is 1. The van der Waals surface area contributed by atoms with Gasteiger partial charge in [0.2, 0.25) is 0 Å². The molecular formula is C34H36N4O. The van der Waals surface area contributed by atoms with Gasteiger partial charge in [0.15, 0.2) is 0 Å². The van der Waals surface area contributed by atoms with Crippen LogP contribution < -0.4 is 10.2 Å². The third-order valence-electron chi connectivity index (χ3n) is 8.09. The van der Waals surface area contributed by atoms with E-state index in [9.17, 15) is 4.79 Å². The third-order valence-corrected chi connectivity index (χ3v) is 8.09. The van der Waals surface area contributed by atoms with Gasteiger partial charge in [0.25, 0.3) is 0 Å². The molecule has 6 rings (SSSR count). The number of fused-ring (bicyclic) bond motifs is 2. The quantitative estimate of drug-likeness (QED) is 0.293. The maximum atomic E-state index is 13.7. The standard InChI is InChI=1S/C34H36N4O/c1-5-37(22-24-12-8-6-9-13-24)26-18-16-25(17-19-26)31-30-23(2)36-38(27-14-10-7-11-15-27)33(30)35-28-20-34(3,4)21-29(39)32(28)31/h6-20,31-32,35H,5,21-22H2,1-4H3/t31-,32+/m1/s1. The third kappa shape index (κ3) is 4.67. The minimum absolute atomic E-state index is 0.0909. The molecule has 1 aromatic heterocycles.